The number of nitrogens with zero attached hydrogens (tertiary/aromatic N) is 2. The lowest BCUT2D eigenvalue weighted by atomic mass is 9.96. The fourth-order valence-corrected chi connectivity index (χ4v) is 1.47. The van der Waals surface area contributed by atoms with Crippen molar-refractivity contribution < 1.29 is 4.79 Å². The molecule has 0 aliphatic rings. The molecule has 5 nitrogen and oxygen atoms in total. The van der Waals surface area contributed by atoms with E-state index in [9.17, 15) is 4.79 Å². The molecule has 1 aromatic rings. The van der Waals surface area contributed by atoms with Gasteiger partial charge in [0.15, 0.2) is 0 Å². The third kappa shape index (κ3) is 3.55. The fourth-order valence-electron chi connectivity index (χ4n) is 1.47. The minimum absolute atomic E-state index is 0.124. The molecule has 2 N–H and O–H groups in total. The molecule has 0 saturated heterocycles. The summed E-state index contributed by atoms with van der Waals surface area (Å²) >= 11 is 0. The predicted octanol–water partition coefficient (Wildman–Crippen LogP) is 2.27. The summed E-state index contributed by atoms with van der Waals surface area (Å²) in [5, 5.41) is 9.72. The van der Waals surface area contributed by atoms with Crippen LogP contribution < -0.4 is 5.32 Å². The van der Waals surface area contributed by atoms with Gasteiger partial charge in [-0.25, -0.2) is 4.98 Å². The Kier molecular flexibility index (Phi) is 4.48. The van der Waals surface area contributed by atoms with Crippen LogP contribution in [0.1, 0.15) is 64.4 Å². The minimum atomic E-state index is -0.213. The first-order valence-electron chi connectivity index (χ1n) is 6.49. The monoisotopic (exact) mass is 252 g/mol. The number of nitrogens with one attached hydrogen (secondary N) is 2. The zero-order chi connectivity index (χ0) is 13.9. The molecule has 0 aromatic carbocycles. The molecule has 0 radical (unpaired) electrons. The highest BCUT2D eigenvalue weighted by atomic mass is 16.2. The van der Waals surface area contributed by atoms with E-state index in [2.05, 4.69) is 34.3 Å². The second-order valence-corrected chi connectivity index (χ2v) is 5.91. The second-order valence-electron chi connectivity index (χ2n) is 5.91. The summed E-state index contributed by atoms with van der Waals surface area (Å²) in [7, 11) is 0. The molecule has 5 heteroatoms. The summed E-state index contributed by atoms with van der Waals surface area (Å²) < 4.78 is 0. The quantitative estimate of drug-likeness (QED) is 0.863. The Morgan fingerprint density at radius 3 is 2.44 bits per heavy atom. The van der Waals surface area contributed by atoms with E-state index in [0.717, 1.165) is 12.2 Å². The van der Waals surface area contributed by atoms with Crippen molar-refractivity contribution in [2.24, 2.45) is 5.92 Å². The molecule has 2 unspecified atom stereocenters. The Balaban J connectivity index is 2.71. The Morgan fingerprint density at radius 1 is 1.39 bits per heavy atom. The molecular formula is C13H24N4O. The van der Waals surface area contributed by atoms with Crippen LogP contribution in [0.25, 0.3) is 0 Å². The average molecular weight is 252 g/mol. The van der Waals surface area contributed by atoms with Gasteiger partial charge in [0.1, 0.15) is 5.82 Å². The lowest BCUT2D eigenvalue weighted by molar-refractivity contribution is 0.0918. The van der Waals surface area contributed by atoms with Gasteiger partial charge in [0, 0.05) is 11.5 Å². The lowest BCUT2D eigenvalue weighted by Gasteiger charge is -2.18. The van der Waals surface area contributed by atoms with Gasteiger partial charge in [-0.1, -0.05) is 41.0 Å². The molecule has 18 heavy (non-hydrogen) atoms. The molecular weight excluding hydrogens is 228 g/mol. The standard InChI is InChI=1S/C13H24N4O/c1-7-8(2)9(3)14-11(18)10-15-12(17-16-10)13(4,5)6/h8-9H,7H2,1-6H3,(H,14,18)(H,15,16,17). The third-order valence-corrected chi connectivity index (χ3v) is 3.26. The highest BCUT2D eigenvalue weighted by Crippen LogP contribution is 2.17. The molecule has 0 saturated carbocycles. The van der Waals surface area contributed by atoms with E-state index in [0.29, 0.717) is 5.92 Å². The van der Waals surface area contributed by atoms with E-state index >= 15 is 0 Å². The van der Waals surface area contributed by atoms with Crippen LogP contribution in [-0.2, 0) is 5.41 Å². The summed E-state index contributed by atoms with van der Waals surface area (Å²) in [5.41, 5.74) is -0.131. The van der Waals surface area contributed by atoms with Crippen LogP contribution in [0, 0.1) is 5.92 Å². The maximum atomic E-state index is 12.0. The molecule has 0 spiro atoms. The van der Waals surface area contributed by atoms with Gasteiger partial charge < -0.3 is 5.32 Å². The number of rotatable bonds is 4. The Bertz CT molecular complexity index is 405. The first-order valence-corrected chi connectivity index (χ1v) is 6.49. The first kappa shape index (κ1) is 14.7. The normalized spacial score (nSPS) is 15.2. The van der Waals surface area contributed by atoms with Gasteiger partial charge in [0.2, 0.25) is 5.82 Å². The van der Waals surface area contributed by atoms with Crippen molar-refractivity contribution >= 4 is 5.91 Å². The highest BCUT2D eigenvalue weighted by molar-refractivity contribution is 5.90. The van der Waals surface area contributed by atoms with Crippen molar-refractivity contribution in [3.8, 4) is 0 Å². The summed E-state index contributed by atoms with van der Waals surface area (Å²) in [6.07, 6.45) is 1.03. The van der Waals surface area contributed by atoms with Crippen LogP contribution in [-0.4, -0.2) is 27.1 Å². The molecule has 1 heterocycles. The molecule has 0 aliphatic carbocycles. The van der Waals surface area contributed by atoms with Crippen LogP contribution in [0.2, 0.25) is 0 Å². The van der Waals surface area contributed by atoms with Crippen molar-refractivity contribution in [2.75, 3.05) is 0 Å². The van der Waals surface area contributed by atoms with Crippen molar-refractivity contribution in [1.29, 1.82) is 0 Å². The van der Waals surface area contributed by atoms with Crippen LogP contribution in [0.4, 0.5) is 0 Å². The number of amides is 1. The number of aromatic amines is 1. The zero-order valence-corrected chi connectivity index (χ0v) is 12.2. The van der Waals surface area contributed by atoms with Crippen molar-refractivity contribution in [1.82, 2.24) is 20.5 Å². The average Bonchev–Trinajstić information content (AvgIpc) is 2.76. The summed E-state index contributed by atoms with van der Waals surface area (Å²) in [4.78, 5) is 16.2. The topological polar surface area (TPSA) is 70.7 Å². The fraction of sp³-hybridized carbons (Fsp3) is 0.769. The van der Waals surface area contributed by atoms with Crippen LogP contribution >= 0.6 is 0 Å². The van der Waals surface area contributed by atoms with Crippen molar-refractivity contribution in [3.05, 3.63) is 11.6 Å². The van der Waals surface area contributed by atoms with Crippen molar-refractivity contribution in [2.45, 2.75) is 59.4 Å². The van der Waals surface area contributed by atoms with Gasteiger partial charge >= 0.3 is 0 Å². The summed E-state index contributed by atoms with van der Waals surface area (Å²) in [5.74, 6) is 1.17. The zero-order valence-electron chi connectivity index (χ0n) is 12.2. The number of carbonyl (C=O) groups is 1. The number of hydrogen-bond donors (Lipinski definition) is 2. The van der Waals surface area contributed by atoms with Gasteiger partial charge in [-0.15, -0.1) is 5.10 Å². The lowest BCUT2D eigenvalue weighted by Crippen LogP contribution is -2.37. The van der Waals surface area contributed by atoms with Gasteiger partial charge in [-0.2, -0.15) is 0 Å². The number of H-pyrrole nitrogens is 1. The molecule has 1 rings (SSSR count). The summed E-state index contributed by atoms with van der Waals surface area (Å²) in [6.45, 7) is 12.3. The van der Waals surface area contributed by atoms with Crippen molar-refractivity contribution in [3.63, 3.8) is 0 Å². The Hall–Kier alpha value is -1.39. The molecule has 0 aliphatic heterocycles. The predicted molar refractivity (Wildman–Crippen MR) is 71.5 cm³/mol. The van der Waals surface area contributed by atoms with E-state index in [-0.39, 0.29) is 23.2 Å². The van der Waals surface area contributed by atoms with E-state index in [1.165, 1.54) is 0 Å². The smallest absolute Gasteiger partial charge is 0.291 e. The third-order valence-electron chi connectivity index (χ3n) is 3.26. The van der Waals surface area contributed by atoms with Crippen LogP contribution in [0.3, 0.4) is 0 Å². The molecule has 1 amide bonds. The van der Waals surface area contributed by atoms with E-state index < -0.39 is 0 Å². The minimum Gasteiger partial charge on any atom is -0.347 e. The molecule has 0 fully saturated rings. The maximum Gasteiger partial charge on any atom is 0.291 e. The largest absolute Gasteiger partial charge is 0.347 e. The summed E-state index contributed by atoms with van der Waals surface area (Å²) in [6, 6.07) is 0.124. The first-order chi connectivity index (χ1) is 8.25. The highest BCUT2D eigenvalue weighted by Gasteiger charge is 2.22. The van der Waals surface area contributed by atoms with Gasteiger partial charge in [-0.3, -0.25) is 9.89 Å². The molecule has 1 aromatic heterocycles. The Morgan fingerprint density at radius 2 is 2.00 bits per heavy atom. The van der Waals surface area contributed by atoms with Crippen LogP contribution in [0.15, 0.2) is 0 Å². The van der Waals surface area contributed by atoms with Crippen LogP contribution in [0.5, 0.6) is 0 Å². The van der Waals surface area contributed by atoms with Gasteiger partial charge in [0.25, 0.3) is 5.91 Å². The molecule has 102 valence electrons. The van der Waals surface area contributed by atoms with Gasteiger partial charge in [0.05, 0.1) is 0 Å². The molecule has 0 bridgehead atoms. The number of aromatic nitrogens is 3. The number of hydrogen-bond acceptors (Lipinski definition) is 3. The SMILES string of the molecule is CCC(C)C(C)NC(=O)c1n[nH]c(C(C)(C)C)n1. The molecule has 2 atom stereocenters. The van der Waals surface area contributed by atoms with E-state index in [1.807, 2.05) is 27.7 Å². The van der Waals surface area contributed by atoms with E-state index in [1.54, 1.807) is 0 Å². The Labute approximate surface area is 109 Å². The maximum absolute atomic E-state index is 12.0. The second kappa shape index (κ2) is 5.50. The number of carbonyl (C=O) groups excluding carboxylic acids is 1. The van der Waals surface area contributed by atoms with Gasteiger partial charge in [-0.05, 0) is 12.8 Å². The van der Waals surface area contributed by atoms with E-state index in [4.69, 9.17) is 0 Å².